The van der Waals surface area contributed by atoms with E-state index in [1.54, 1.807) is 0 Å². The van der Waals surface area contributed by atoms with Gasteiger partial charge in [-0.1, -0.05) is 66.7 Å². The molecule has 5 heteroatoms. The molecule has 3 aromatic carbocycles. The highest BCUT2D eigenvalue weighted by molar-refractivity contribution is 6.07. The zero-order valence-corrected chi connectivity index (χ0v) is 15.0. The van der Waals surface area contributed by atoms with Crippen LogP contribution in [0.3, 0.4) is 0 Å². The van der Waals surface area contributed by atoms with Crippen molar-refractivity contribution in [1.82, 2.24) is 5.01 Å². The molecule has 0 aliphatic carbocycles. The summed E-state index contributed by atoms with van der Waals surface area (Å²) in [5.74, 6) is 0.534. The van der Waals surface area contributed by atoms with Crippen LogP contribution in [0, 0.1) is 0 Å². The van der Waals surface area contributed by atoms with Crippen LogP contribution in [0.15, 0.2) is 84.0 Å². The molecule has 3 aliphatic heterocycles. The summed E-state index contributed by atoms with van der Waals surface area (Å²) >= 11 is 0. The first kappa shape index (κ1) is 15.5. The van der Waals surface area contributed by atoms with E-state index in [2.05, 4.69) is 23.5 Å². The van der Waals surface area contributed by atoms with Crippen LogP contribution in [0.25, 0.3) is 0 Å². The highest BCUT2D eigenvalue weighted by Gasteiger charge is 2.60. The van der Waals surface area contributed by atoms with E-state index in [1.165, 1.54) is 0 Å². The highest BCUT2D eigenvalue weighted by atomic mass is 16.5. The Bertz CT molecular complexity index is 1140. The fourth-order valence-electron chi connectivity index (χ4n) is 4.45. The van der Waals surface area contributed by atoms with Crippen LogP contribution in [-0.4, -0.2) is 16.6 Å². The van der Waals surface area contributed by atoms with Gasteiger partial charge in [-0.15, -0.1) is 0 Å². The van der Waals surface area contributed by atoms with Crippen LogP contribution >= 0.6 is 0 Å². The molecule has 3 aliphatic rings. The molecular weight excluding hydrogens is 350 g/mol. The van der Waals surface area contributed by atoms with Crippen molar-refractivity contribution in [3.63, 3.8) is 0 Å². The van der Waals surface area contributed by atoms with E-state index in [9.17, 15) is 4.79 Å². The molecule has 1 amide bonds. The van der Waals surface area contributed by atoms with Crippen molar-refractivity contribution in [2.45, 2.75) is 18.2 Å². The van der Waals surface area contributed by atoms with Gasteiger partial charge >= 0.3 is 5.72 Å². The molecule has 3 heterocycles. The van der Waals surface area contributed by atoms with Crippen LogP contribution in [-0.2, 0) is 10.5 Å². The van der Waals surface area contributed by atoms with Gasteiger partial charge in [0.15, 0.2) is 0 Å². The predicted molar refractivity (Wildman–Crippen MR) is 106 cm³/mol. The van der Waals surface area contributed by atoms with E-state index in [0.29, 0.717) is 0 Å². The molecule has 0 fully saturated rings. The van der Waals surface area contributed by atoms with Crippen molar-refractivity contribution in [3.05, 3.63) is 95.6 Å². The molecule has 0 bridgehead atoms. The number of para-hydroxylation sites is 2. The quantitative estimate of drug-likeness (QED) is 0.706. The van der Waals surface area contributed by atoms with Crippen molar-refractivity contribution in [3.8, 4) is 5.75 Å². The zero-order chi connectivity index (χ0) is 18.7. The van der Waals surface area contributed by atoms with E-state index in [-0.39, 0.29) is 11.9 Å². The van der Waals surface area contributed by atoms with Gasteiger partial charge in [0.05, 0.1) is 23.0 Å². The number of anilines is 1. The fourth-order valence-corrected chi connectivity index (χ4v) is 4.45. The first-order valence-corrected chi connectivity index (χ1v) is 9.38. The van der Waals surface area contributed by atoms with Crippen LogP contribution in [0.4, 0.5) is 5.69 Å². The number of amides is 1. The summed E-state index contributed by atoms with van der Waals surface area (Å²) in [6.07, 6.45) is 0.724. The lowest BCUT2D eigenvalue weighted by molar-refractivity contribution is -0.161. The van der Waals surface area contributed by atoms with Gasteiger partial charge in [0.25, 0.3) is 5.91 Å². The second-order valence-corrected chi connectivity index (χ2v) is 7.26. The molecule has 0 radical (unpaired) electrons. The normalized spacial score (nSPS) is 24.1. The first-order valence-electron chi connectivity index (χ1n) is 9.38. The summed E-state index contributed by atoms with van der Waals surface area (Å²) in [5, 5.41) is 9.77. The third kappa shape index (κ3) is 1.90. The Morgan fingerprint density at radius 2 is 1.71 bits per heavy atom. The number of nitrogens with one attached hydrogen (secondary N) is 1. The largest absolute Gasteiger partial charge is 0.453 e. The molecule has 136 valence electrons. The Kier molecular flexibility index (Phi) is 3.01. The number of hydrogen-bond donors (Lipinski definition) is 1. The maximum atomic E-state index is 13.3. The summed E-state index contributed by atoms with van der Waals surface area (Å²) in [7, 11) is 0. The van der Waals surface area contributed by atoms with Gasteiger partial charge in [0, 0.05) is 12.0 Å². The lowest BCUT2D eigenvalue weighted by atomic mass is 9.92. The number of nitrogens with zero attached hydrogens (tertiary/aromatic N) is 2. The smallest absolute Gasteiger partial charge is 0.306 e. The highest BCUT2D eigenvalue weighted by Crippen LogP contribution is 2.53. The number of fused-ring (bicyclic) bond motifs is 6. The molecule has 0 saturated carbocycles. The Morgan fingerprint density at radius 3 is 2.61 bits per heavy atom. The molecule has 0 unspecified atom stereocenters. The molecule has 1 spiro atoms. The standard InChI is InChI=1S/C23H17N3O2/c27-22-23(17-11-5-6-12-18(17)24-22)26-20(16-10-4-7-13-21(16)28-23)14-19(25-26)15-8-2-1-3-9-15/h1-13,20H,14H2,(H,24,27)/t20-,23+/m0/s1. The van der Waals surface area contributed by atoms with E-state index in [0.717, 1.165) is 40.3 Å². The van der Waals surface area contributed by atoms with Gasteiger partial charge in [-0.25, -0.2) is 5.01 Å². The molecule has 28 heavy (non-hydrogen) atoms. The summed E-state index contributed by atoms with van der Waals surface area (Å²) in [6.45, 7) is 0. The predicted octanol–water partition coefficient (Wildman–Crippen LogP) is 4.04. The minimum Gasteiger partial charge on any atom is -0.453 e. The van der Waals surface area contributed by atoms with E-state index in [4.69, 9.17) is 9.84 Å². The van der Waals surface area contributed by atoms with Gasteiger partial charge in [-0.3, -0.25) is 4.79 Å². The Hall–Kier alpha value is -3.60. The van der Waals surface area contributed by atoms with E-state index >= 15 is 0 Å². The van der Waals surface area contributed by atoms with Crippen LogP contribution < -0.4 is 10.1 Å². The summed E-state index contributed by atoms with van der Waals surface area (Å²) in [6, 6.07) is 25.7. The Labute approximate surface area is 162 Å². The second kappa shape index (κ2) is 5.45. The van der Waals surface area contributed by atoms with Gasteiger partial charge in [-0.05, 0) is 17.7 Å². The van der Waals surface area contributed by atoms with Crippen molar-refractivity contribution < 1.29 is 9.53 Å². The van der Waals surface area contributed by atoms with Crippen molar-refractivity contribution in [2.24, 2.45) is 5.10 Å². The molecule has 5 nitrogen and oxygen atoms in total. The number of carbonyl (C=O) groups is 1. The van der Waals surface area contributed by atoms with Gasteiger partial charge < -0.3 is 10.1 Å². The summed E-state index contributed by atoms with van der Waals surface area (Å²) in [5.41, 5.74) is 3.37. The lowest BCUT2D eigenvalue weighted by Gasteiger charge is -2.43. The van der Waals surface area contributed by atoms with Crippen LogP contribution in [0.2, 0.25) is 0 Å². The average molecular weight is 367 g/mol. The Balaban J connectivity index is 1.59. The third-order valence-corrected chi connectivity index (χ3v) is 5.72. The third-order valence-electron chi connectivity index (χ3n) is 5.72. The van der Waals surface area contributed by atoms with E-state index in [1.807, 2.05) is 65.7 Å². The lowest BCUT2D eigenvalue weighted by Crippen LogP contribution is -2.55. The fraction of sp³-hybridized carbons (Fsp3) is 0.130. The number of benzene rings is 3. The van der Waals surface area contributed by atoms with Gasteiger partial charge in [0.2, 0.25) is 0 Å². The molecule has 0 aromatic heterocycles. The first-order chi connectivity index (χ1) is 13.8. The SMILES string of the molecule is O=C1Nc2ccccc2[C@@]12Oc1ccccc1[C@@H]1CC(c3ccccc3)=NN12. The molecule has 2 atom stereocenters. The Morgan fingerprint density at radius 1 is 0.964 bits per heavy atom. The number of hydrazone groups is 1. The number of ether oxygens (including phenoxy) is 1. The molecule has 6 rings (SSSR count). The number of rotatable bonds is 1. The minimum absolute atomic E-state index is 0.0583. The van der Waals surface area contributed by atoms with Crippen molar-refractivity contribution in [2.75, 3.05) is 5.32 Å². The molecular formula is C23H17N3O2. The molecule has 3 aromatic rings. The number of hydrogen-bond acceptors (Lipinski definition) is 4. The zero-order valence-electron chi connectivity index (χ0n) is 15.0. The summed E-state index contributed by atoms with van der Waals surface area (Å²) < 4.78 is 6.42. The average Bonchev–Trinajstić information content (AvgIpc) is 3.30. The topological polar surface area (TPSA) is 53.9 Å². The minimum atomic E-state index is -1.29. The summed E-state index contributed by atoms with van der Waals surface area (Å²) in [4.78, 5) is 13.3. The molecule has 0 saturated heterocycles. The van der Waals surface area contributed by atoms with Crippen LogP contribution in [0.1, 0.15) is 29.2 Å². The van der Waals surface area contributed by atoms with E-state index < -0.39 is 5.72 Å². The maximum Gasteiger partial charge on any atom is 0.306 e. The monoisotopic (exact) mass is 367 g/mol. The van der Waals surface area contributed by atoms with Crippen LogP contribution in [0.5, 0.6) is 5.75 Å². The van der Waals surface area contributed by atoms with Crippen molar-refractivity contribution in [1.29, 1.82) is 0 Å². The maximum absolute atomic E-state index is 13.3. The number of carbonyl (C=O) groups excluding carboxylic acids is 1. The van der Waals surface area contributed by atoms with Crippen molar-refractivity contribution >= 4 is 17.3 Å². The second-order valence-electron chi connectivity index (χ2n) is 7.26. The van der Waals surface area contributed by atoms with Gasteiger partial charge in [-0.2, -0.15) is 5.10 Å². The van der Waals surface area contributed by atoms with Gasteiger partial charge in [0.1, 0.15) is 5.75 Å². The molecule has 1 N–H and O–H groups in total.